The third-order valence-corrected chi connectivity index (χ3v) is 5.08. The molecule has 4 rings (SSSR count). The van der Waals surface area contributed by atoms with Gasteiger partial charge in [0.05, 0.1) is 24.8 Å². The zero-order valence-corrected chi connectivity index (χ0v) is 13.9. The minimum Gasteiger partial charge on any atom is -0.378 e. The molecule has 0 bridgehead atoms. The van der Waals surface area contributed by atoms with Gasteiger partial charge in [-0.1, -0.05) is 18.2 Å². The molecule has 0 aliphatic carbocycles. The number of aromatic nitrogens is 1. The van der Waals surface area contributed by atoms with E-state index < -0.39 is 0 Å². The summed E-state index contributed by atoms with van der Waals surface area (Å²) in [5.41, 5.74) is 2.27. The van der Waals surface area contributed by atoms with E-state index in [1.54, 1.807) is 0 Å². The summed E-state index contributed by atoms with van der Waals surface area (Å²) in [6, 6.07) is 10.4. The lowest BCUT2D eigenvalue weighted by Crippen LogP contribution is -2.49. The Labute approximate surface area is 142 Å². The molecule has 126 valence electrons. The summed E-state index contributed by atoms with van der Waals surface area (Å²) in [4.78, 5) is 21.6. The number of carbonyl (C=O) groups is 1. The van der Waals surface area contributed by atoms with Gasteiger partial charge in [-0.3, -0.25) is 14.7 Å². The van der Waals surface area contributed by atoms with Gasteiger partial charge in [0, 0.05) is 31.2 Å². The molecule has 1 aromatic carbocycles. The van der Waals surface area contributed by atoms with E-state index in [9.17, 15) is 4.79 Å². The molecule has 0 radical (unpaired) electrons. The van der Waals surface area contributed by atoms with Crippen LogP contribution in [0.15, 0.2) is 36.5 Å². The monoisotopic (exact) mass is 325 g/mol. The molecular formula is C19H23N3O2. The van der Waals surface area contributed by atoms with Gasteiger partial charge in [-0.25, -0.2) is 0 Å². The Morgan fingerprint density at radius 1 is 1.17 bits per heavy atom. The van der Waals surface area contributed by atoms with E-state index in [1.165, 1.54) is 10.9 Å². The van der Waals surface area contributed by atoms with Gasteiger partial charge in [0.2, 0.25) is 5.91 Å². The number of amides is 1. The van der Waals surface area contributed by atoms with E-state index in [0.717, 1.165) is 44.5 Å². The summed E-state index contributed by atoms with van der Waals surface area (Å²) >= 11 is 0. The number of fused-ring (bicyclic) bond motifs is 1. The molecule has 0 saturated carbocycles. The number of rotatable bonds is 3. The summed E-state index contributed by atoms with van der Waals surface area (Å²) in [5, 5.41) is 1.18. The highest BCUT2D eigenvalue weighted by Gasteiger charge is 2.34. The molecule has 24 heavy (non-hydrogen) atoms. The molecule has 1 aromatic heterocycles. The summed E-state index contributed by atoms with van der Waals surface area (Å²) < 4.78 is 5.37. The summed E-state index contributed by atoms with van der Waals surface area (Å²) in [6.45, 7) is 4.56. The van der Waals surface area contributed by atoms with Crippen molar-refractivity contribution in [2.45, 2.75) is 25.4 Å². The van der Waals surface area contributed by atoms with Crippen LogP contribution in [-0.4, -0.2) is 59.6 Å². The second kappa shape index (κ2) is 6.87. The number of pyridine rings is 1. The molecular weight excluding hydrogens is 302 g/mol. The number of ether oxygens (including phenoxy) is 1. The van der Waals surface area contributed by atoms with Crippen molar-refractivity contribution in [1.29, 1.82) is 0 Å². The molecule has 0 spiro atoms. The smallest absolute Gasteiger partial charge is 0.240 e. The topological polar surface area (TPSA) is 45.7 Å². The van der Waals surface area contributed by atoms with E-state index in [2.05, 4.69) is 28.1 Å². The summed E-state index contributed by atoms with van der Waals surface area (Å²) in [6.07, 6.45) is 3.87. The molecule has 2 aliphatic heterocycles. The lowest BCUT2D eigenvalue weighted by molar-refractivity contribution is -0.140. The molecule has 2 aromatic rings. The average molecular weight is 325 g/mol. The summed E-state index contributed by atoms with van der Waals surface area (Å²) in [7, 11) is 0. The van der Waals surface area contributed by atoms with Gasteiger partial charge < -0.3 is 9.64 Å². The lowest BCUT2D eigenvalue weighted by atomic mass is 10.1. The summed E-state index contributed by atoms with van der Waals surface area (Å²) in [5.74, 6) is 0.272. The Balaban J connectivity index is 1.53. The lowest BCUT2D eigenvalue weighted by Gasteiger charge is -2.32. The molecule has 1 atom stereocenters. The van der Waals surface area contributed by atoms with Gasteiger partial charge >= 0.3 is 0 Å². The first-order valence-electron chi connectivity index (χ1n) is 8.76. The van der Waals surface area contributed by atoms with Crippen LogP contribution >= 0.6 is 0 Å². The normalized spacial score (nSPS) is 22.2. The number of carbonyl (C=O) groups excluding carboxylic acids is 1. The molecule has 1 amide bonds. The van der Waals surface area contributed by atoms with E-state index in [-0.39, 0.29) is 11.9 Å². The van der Waals surface area contributed by atoms with E-state index in [0.29, 0.717) is 13.2 Å². The van der Waals surface area contributed by atoms with Crippen molar-refractivity contribution in [2.75, 3.05) is 32.8 Å². The Hall–Kier alpha value is -1.98. The predicted octanol–water partition coefficient (Wildman–Crippen LogP) is 2.06. The van der Waals surface area contributed by atoms with Gasteiger partial charge in [0.25, 0.3) is 0 Å². The highest BCUT2D eigenvalue weighted by Crippen LogP contribution is 2.25. The SMILES string of the molecule is O=C(C1CCCN1Cc1cccc2ncccc12)N1CCOCC1. The average Bonchev–Trinajstić information content (AvgIpc) is 3.10. The largest absolute Gasteiger partial charge is 0.378 e. The Kier molecular flexibility index (Phi) is 4.45. The van der Waals surface area contributed by atoms with E-state index in [1.807, 2.05) is 23.2 Å². The van der Waals surface area contributed by atoms with E-state index in [4.69, 9.17) is 4.74 Å². The first-order chi connectivity index (χ1) is 11.8. The van der Waals surface area contributed by atoms with Crippen LogP contribution in [0.1, 0.15) is 18.4 Å². The van der Waals surface area contributed by atoms with Gasteiger partial charge in [-0.15, -0.1) is 0 Å². The minimum atomic E-state index is 0.00928. The van der Waals surface area contributed by atoms with Crippen LogP contribution in [0.4, 0.5) is 0 Å². The van der Waals surface area contributed by atoms with Crippen LogP contribution < -0.4 is 0 Å². The standard InChI is InChI=1S/C19H23N3O2/c23-19(21-10-12-24-13-11-21)18-7-3-9-22(18)14-15-4-1-6-17-16(15)5-2-8-20-17/h1-2,4-6,8,18H,3,7,9-14H2. The van der Waals surface area contributed by atoms with Crippen molar-refractivity contribution in [1.82, 2.24) is 14.8 Å². The fraction of sp³-hybridized carbons (Fsp3) is 0.474. The molecule has 0 N–H and O–H groups in total. The third-order valence-electron chi connectivity index (χ3n) is 5.08. The molecule has 2 aliphatic rings. The van der Waals surface area contributed by atoms with Crippen LogP contribution in [0, 0.1) is 0 Å². The van der Waals surface area contributed by atoms with Crippen molar-refractivity contribution in [2.24, 2.45) is 0 Å². The quantitative estimate of drug-likeness (QED) is 0.866. The Bertz CT molecular complexity index is 722. The zero-order chi connectivity index (χ0) is 16.4. The van der Waals surface area contributed by atoms with Crippen molar-refractivity contribution in [3.8, 4) is 0 Å². The van der Waals surface area contributed by atoms with Gasteiger partial charge in [-0.2, -0.15) is 0 Å². The van der Waals surface area contributed by atoms with Crippen molar-refractivity contribution in [3.63, 3.8) is 0 Å². The minimum absolute atomic E-state index is 0.00928. The maximum atomic E-state index is 12.9. The van der Waals surface area contributed by atoms with Crippen LogP contribution in [0.3, 0.4) is 0 Å². The first-order valence-corrected chi connectivity index (χ1v) is 8.76. The van der Waals surface area contributed by atoms with Crippen LogP contribution in [0.5, 0.6) is 0 Å². The third kappa shape index (κ3) is 3.01. The fourth-order valence-corrected chi connectivity index (χ4v) is 3.81. The number of hydrogen-bond acceptors (Lipinski definition) is 4. The molecule has 2 saturated heterocycles. The van der Waals surface area contributed by atoms with Crippen LogP contribution in [0.25, 0.3) is 10.9 Å². The van der Waals surface area contributed by atoms with E-state index >= 15 is 0 Å². The Morgan fingerprint density at radius 2 is 2.04 bits per heavy atom. The molecule has 3 heterocycles. The second-order valence-corrected chi connectivity index (χ2v) is 6.55. The van der Waals surface area contributed by atoms with Gasteiger partial charge in [0.1, 0.15) is 0 Å². The molecule has 5 heteroatoms. The number of hydrogen-bond donors (Lipinski definition) is 0. The fourth-order valence-electron chi connectivity index (χ4n) is 3.81. The molecule has 5 nitrogen and oxygen atoms in total. The van der Waals surface area contributed by atoms with Crippen molar-refractivity contribution >= 4 is 16.8 Å². The van der Waals surface area contributed by atoms with Crippen molar-refractivity contribution < 1.29 is 9.53 Å². The number of nitrogens with zero attached hydrogens (tertiary/aromatic N) is 3. The first kappa shape index (κ1) is 15.5. The highest BCUT2D eigenvalue weighted by molar-refractivity contribution is 5.83. The van der Waals surface area contributed by atoms with Gasteiger partial charge in [-0.05, 0) is 37.1 Å². The molecule has 1 unspecified atom stereocenters. The van der Waals surface area contributed by atoms with Gasteiger partial charge in [0.15, 0.2) is 0 Å². The zero-order valence-electron chi connectivity index (χ0n) is 13.9. The predicted molar refractivity (Wildman–Crippen MR) is 92.6 cm³/mol. The number of benzene rings is 1. The highest BCUT2D eigenvalue weighted by atomic mass is 16.5. The maximum absolute atomic E-state index is 12.9. The Morgan fingerprint density at radius 3 is 2.92 bits per heavy atom. The van der Waals surface area contributed by atoms with Crippen LogP contribution in [0.2, 0.25) is 0 Å². The van der Waals surface area contributed by atoms with Crippen molar-refractivity contribution in [3.05, 3.63) is 42.1 Å². The second-order valence-electron chi connectivity index (χ2n) is 6.55. The number of likely N-dealkylation sites (tertiary alicyclic amines) is 1. The number of morpholine rings is 1. The maximum Gasteiger partial charge on any atom is 0.240 e. The van der Waals surface area contributed by atoms with Crippen LogP contribution in [-0.2, 0) is 16.1 Å². The molecule has 2 fully saturated rings.